The fourth-order valence-corrected chi connectivity index (χ4v) is 3.08. The summed E-state index contributed by atoms with van der Waals surface area (Å²) in [4.78, 5) is 16.9. The molecular weight excluding hydrogens is 344 g/mol. The molecule has 1 aromatic heterocycles. The third kappa shape index (κ3) is 4.11. The third-order valence-corrected chi connectivity index (χ3v) is 4.79. The van der Waals surface area contributed by atoms with Gasteiger partial charge in [0.15, 0.2) is 0 Å². The molecule has 3 nitrogen and oxygen atoms in total. The molecule has 24 heavy (non-hydrogen) atoms. The summed E-state index contributed by atoms with van der Waals surface area (Å²) in [5.74, 6) is -1.31. The van der Waals surface area contributed by atoms with Crippen LogP contribution in [0.1, 0.15) is 51.3 Å². The molecule has 0 bridgehead atoms. The van der Waals surface area contributed by atoms with Gasteiger partial charge in [0.1, 0.15) is 10.7 Å². The van der Waals surface area contributed by atoms with Crippen molar-refractivity contribution < 1.29 is 22.4 Å². The number of alkyl halides is 3. The maximum absolute atomic E-state index is 13.1. The number of rotatable bonds is 4. The topological polar surface area (TPSA) is 42.0 Å². The summed E-state index contributed by atoms with van der Waals surface area (Å²) in [6.45, 7) is 5.21. The standard InChI is InChI=1S/C16H16F4N2OS/c1-8(2)15-22-9(3)13(24-15)14(23)21-7-10-4-5-11(17)6-12(10)16(18,19)20/h4-6,8H,7H2,1-3H3,(H,21,23). The smallest absolute Gasteiger partial charge is 0.347 e. The summed E-state index contributed by atoms with van der Waals surface area (Å²) in [6.07, 6.45) is -4.69. The number of halogens is 4. The van der Waals surface area contributed by atoms with Crippen LogP contribution >= 0.6 is 11.3 Å². The van der Waals surface area contributed by atoms with Gasteiger partial charge in [0.25, 0.3) is 5.91 Å². The molecule has 0 aliphatic heterocycles. The molecule has 0 saturated carbocycles. The maximum atomic E-state index is 13.1. The number of hydrogen-bond donors (Lipinski definition) is 1. The van der Waals surface area contributed by atoms with Gasteiger partial charge in [-0.15, -0.1) is 11.3 Å². The van der Waals surface area contributed by atoms with Gasteiger partial charge in [-0.3, -0.25) is 4.79 Å². The SMILES string of the molecule is Cc1nc(C(C)C)sc1C(=O)NCc1ccc(F)cc1C(F)(F)F. The second kappa shape index (κ2) is 6.88. The van der Waals surface area contributed by atoms with Gasteiger partial charge < -0.3 is 5.32 Å². The van der Waals surface area contributed by atoms with E-state index in [0.29, 0.717) is 16.6 Å². The van der Waals surface area contributed by atoms with Gasteiger partial charge in [0.05, 0.1) is 16.3 Å². The number of nitrogens with zero attached hydrogens (tertiary/aromatic N) is 1. The summed E-state index contributed by atoms with van der Waals surface area (Å²) < 4.78 is 51.9. The highest BCUT2D eigenvalue weighted by Crippen LogP contribution is 2.32. The molecule has 0 fully saturated rings. The first-order valence-corrected chi connectivity index (χ1v) is 8.02. The molecule has 0 spiro atoms. The molecule has 2 rings (SSSR count). The van der Waals surface area contributed by atoms with Crippen molar-refractivity contribution in [1.29, 1.82) is 0 Å². The molecule has 0 radical (unpaired) electrons. The lowest BCUT2D eigenvalue weighted by Gasteiger charge is -2.13. The minimum atomic E-state index is -4.69. The van der Waals surface area contributed by atoms with E-state index in [1.54, 1.807) is 6.92 Å². The van der Waals surface area contributed by atoms with E-state index >= 15 is 0 Å². The van der Waals surface area contributed by atoms with E-state index in [2.05, 4.69) is 10.3 Å². The zero-order chi connectivity index (χ0) is 18.1. The zero-order valence-corrected chi connectivity index (χ0v) is 14.1. The van der Waals surface area contributed by atoms with Crippen LogP contribution in [0.25, 0.3) is 0 Å². The largest absolute Gasteiger partial charge is 0.416 e. The molecule has 0 saturated heterocycles. The van der Waals surface area contributed by atoms with Gasteiger partial charge >= 0.3 is 6.18 Å². The van der Waals surface area contributed by atoms with Crippen molar-refractivity contribution in [1.82, 2.24) is 10.3 Å². The monoisotopic (exact) mass is 360 g/mol. The van der Waals surface area contributed by atoms with Crippen molar-refractivity contribution in [3.05, 3.63) is 50.7 Å². The molecule has 1 amide bonds. The minimum Gasteiger partial charge on any atom is -0.347 e. The predicted molar refractivity (Wildman–Crippen MR) is 83.5 cm³/mol. The molecular formula is C16H16F4N2OS. The van der Waals surface area contributed by atoms with Crippen molar-refractivity contribution in [3.63, 3.8) is 0 Å². The van der Waals surface area contributed by atoms with E-state index in [1.165, 1.54) is 11.3 Å². The first kappa shape index (κ1) is 18.4. The number of thiazole rings is 1. The molecule has 0 aliphatic carbocycles. The Morgan fingerprint density at radius 2 is 2.00 bits per heavy atom. The van der Waals surface area contributed by atoms with Crippen molar-refractivity contribution in [3.8, 4) is 0 Å². The van der Waals surface area contributed by atoms with E-state index in [4.69, 9.17) is 0 Å². The Labute approximate surface area is 140 Å². The van der Waals surface area contributed by atoms with E-state index < -0.39 is 23.5 Å². The maximum Gasteiger partial charge on any atom is 0.416 e. The van der Waals surface area contributed by atoms with Gasteiger partial charge in [-0.2, -0.15) is 13.2 Å². The lowest BCUT2D eigenvalue weighted by Crippen LogP contribution is -2.24. The van der Waals surface area contributed by atoms with Gasteiger partial charge in [-0.1, -0.05) is 19.9 Å². The average molecular weight is 360 g/mol. The number of carbonyl (C=O) groups excluding carboxylic acids is 1. The normalized spacial score (nSPS) is 11.8. The quantitative estimate of drug-likeness (QED) is 0.806. The lowest BCUT2D eigenvalue weighted by molar-refractivity contribution is -0.138. The van der Waals surface area contributed by atoms with Gasteiger partial charge in [0, 0.05) is 12.5 Å². The second-order valence-corrected chi connectivity index (χ2v) is 6.63. The van der Waals surface area contributed by atoms with E-state index in [1.807, 2.05) is 13.8 Å². The molecule has 1 N–H and O–H groups in total. The Morgan fingerprint density at radius 1 is 1.33 bits per heavy atom. The van der Waals surface area contributed by atoms with E-state index in [9.17, 15) is 22.4 Å². The Balaban J connectivity index is 2.18. The van der Waals surface area contributed by atoms with Crippen LogP contribution in [-0.4, -0.2) is 10.9 Å². The van der Waals surface area contributed by atoms with Gasteiger partial charge in [-0.05, 0) is 24.6 Å². The van der Waals surface area contributed by atoms with Crippen LogP contribution in [-0.2, 0) is 12.7 Å². The second-order valence-electron chi connectivity index (χ2n) is 5.60. The highest BCUT2D eigenvalue weighted by Gasteiger charge is 2.33. The highest BCUT2D eigenvalue weighted by molar-refractivity contribution is 7.13. The predicted octanol–water partition coefficient (Wildman–Crippen LogP) is 4.66. The van der Waals surface area contributed by atoms with E-state index in [0.717, 1.165) is 17.1 Å². The van der Waals surface area contributed by atoms with Crippen molar-refractivity contribution in [2.75, 3.05) is 0 Å². The highest BCUT2D eigenvalue weighted by atomic mass is 32.1. The van der Waals surface area contributed by atoms with Crippen molar-refractivity contribution in [2.45, 2.75) is 39.4 Å². The summed E-state index contributed by atoms with van der Waals surface area (Å²) in [5.41, 5.74) is -0.744. The third-order valence-electron chi connectivity index (χ3n) is 3.33. The molecule has 1 heterocycles. The van der Waals surface area contributed by atoms with Crippen LogP contribution in [0.3, 0.4) is 0 Å². The fraction of sp³-hybridized carbons (Fsp3) is 0.375. The number of aromatic nitrogens is 1. The Kier molecular flexibility index (Phi) is 5.27. The van der Waals surface area contributed by atoms with Crippen LogP contribution in [0.2, 0.25) is 0 Å². The summed E-state index contributed by atoms with van der Waals surface area (Å²) in [6, 6.07) is 2.39. The number of carbonyl (C=O) groups is 1. The van der Waals surface area contributed by atoms with Crippen molar-refractivity contribution in [2.24, 2.45) is 0 Å². The van der Waals surface area contributed by atoms with Crippen LogP contribution in [0.15, 0.2) is 18.2 Å². The minimum absolute atomic E-state index is 0.157. The molecule has 2 aromatic rings. The first-order chi connectivity index (χ1) is 11.1. The van der Waals surface area contributed by atoms with Crippen LogP contribution < -0.4 is 5.32 Å². The average Bonchev–Trinajstić information content (AvgIpc) is 2.87. The molecule has 0 atom stereocenters. The number of benzene rings is 1. The Hall–Kier alpha value is -1.96. The van der Waals surface area contributed by atoms with Crippen LogP contribution in [0.5, 0.6) is 0 Å². The van der Waals surface area contributed by atoms with Gasteiger partial charge in [0.2, 0.25) is 0 Å². The number of aryl methyl sites for hydroxylation is 1. The molecule has 8 heteroatoms. The Bertz CT molecular complexity index is 753. The molecule has 0 aliphatic rings. The number of nitrogens with one attached hydrogen (secondary N) is 1. The summed E-state index contributed by atoms with van der Waals surface area (Å²) in [7, 11) is 0. The molecule has 130 valence electrons. The number of hydrogen-bond acceptors (Lipinski definition) is 3. The van der Waals surface area contributed by atoms with Crippen LogP contribution in [0.4, 0.5) is 17.6 Å². The summed E-state index contributed by atoms with van der Waals surface area (Å²) >= 11 is 1.22. The molecule has 1 aromatic carbocycles. The molecule has 0 unspecified atom stereocenters. The van der Waals surface area contributed by atoms with E-state index in [-0.39, 0.29) is 18.0 Å². The zero-order valence-electron chi connectivity index (χ0n) is 13.3. The van der Waals surface area contributed by atoms with Gasteiger partial charge in [-0.25, -0.2) is 9.37 Å². The van der Waals surface area contributed by atoms with Crippen molar-refractivity contribution >= 4 is 17.2 Å². The summed E-state index contributed by atoms with van der Waals surface area (Å²) in [5, 5.41) is 3.24. The first-order valence-electron chi connectivity index (χ1n) is 7.20. The lowest BCUT2D eigenvalue weighted by atomic mass is 10.1. The van der Waals surface area contributed by atoms with Crippen LogP contribution in [0, 0.1) is 12.7 Å². The fourth-order valence-electron chi connectivity index (χ4n) is 2.10. The Morgan fingerprint density at radius 3 is 2.54 bits per heavy atom. The number of amides is 1.